The minimum absolute atomic E-state index is 0. The summed E-state index contributed by atoms with van der Waals surface area (Å²) in [6.07, 6.45) is 1.54. The lowest BCUT2D eigenvalue weighted by molar-refractivity contribution is -0.135. The van der Waals surface area contributed by atoms with Crippen molar-refractivity contribution in [3.8, 4) is 5.75 Å². The highest BCUT2D eigenvalue weighted by molar-refractivity contribution is 5.95. The number of ether oxygens (including phenoxy) is 1. The van der Waals surface area contributed by atoms with Crippen molar-refractivity contribution < 1.29 is 14.3 Å². The summed E-state index contributed by atoms with van der Waals surface area (Å²) in [4.78, 5) is 28.6. The number of nitrogens with zero attached hydrogens (tertiary/aromatic N) is 2. The Morgan fingerprint density at radius 1 is 0.897 bits per heavy atom. The van der Waals surface area contributed by atoms with Crippen LogP contribution < -0.4 is 10.5 Å². The number of benzene rings is 2. The quantitative estimate of drug-likeness (QED) is 0.813. The monoisotopic (exact) mass is 415 g/mol. The van der Waals surface area contributed by atoms with Crippen LogP contribution in [0.2, 0.25) is 0 Å². The molecule has 2 amide bonds. The summed E-state index contributed by atoms with van der Waals surface area (Å²) in [6.45, 7) is 2.65. The number of halogens is 1. The van der Waals surface area contributed by atoms with Crippen LogP contribution in [0.25, 0.3) is 0 Å². The summed E-state index contributed by atoms with van der Waals surface area (Å²) in [5, 5.41) is 0. The van der Waals surface area contributed by atoms with Gasteiger partial charge < -0.3 is 20.3 Å². The highest BCUT2D eigenvalue weighted by Gasteiger charge is 2.48. The van der Waals surface area contributed by atoms with Gasteiger partial charge in [-0.25, -0.2) is 0 Å². The van der Waals surface area contributed by atoms with Crippen LogP contribution in [0.15, 0.2) is 54.6 Å². The van der Waals surface area contributed by atoms with Crippen molar-refractivity contribution in [3.05, 3.63) is 65.7 Å². The van der Waals surface area contributed by atoms with E-state index in [-0.39, 0.29) is 24.2 Å². The van der Waals surface area contributed by atoms with Gasteiger partial charge in [-0.1, -0.05) is 30.3 Å². The van der Waals surface area contributed by atoms with Crippen LogP contribution in [0.4, 0.5) is 0 Å². The van der Waals surface area contributed by atoms with Gasteiger partial charge in [0, 0.05) is 31.7 Å². The number of hydrogen-bond acceptors (Lipinski definition) is 4. The van der Waals surface area contributed by atoms with E-state index in [1.165, 1.54) is 0 Å². The zero-order valence-corrected chi connectivity index (χ0v) is 17.1. The van der Waals surface area contributed by atoms with E-state index in [9.17, 15) is 9.59 Å². The van der Waals surface area contributed by atoms with E-state index in [0.29, 0.717) is 38.3 Å². The lowest BCUT2D eigenvalue weighted by atomic mass is 10.1. The van der Waals surface area contributed by atoms with E-state index < -0.39 is 5.54 Å². The van der Waals surface area contributed by atoms with Crippen molar-refractivity contribution in [1.82, 2.24) is 9.80 Å². The Balaban J connectivity index is 0.00000240. The minimum atomic E-state index is -0.637. The predicted molar refractivity (Wildman–Crippen MR) is 113 cm³/mol. The summed E-state index contributed by atoms with van der Waals surface area (Å²) < 4.78 is 5.77. The number of rotatable bonds is 5. The van der Waals surface area contributed by atoms with Crippen molar-refractivity contribution in [2.75, 3.05) is 26.2 Å². The molecule has 2 N–H and O–H groups in total. The van der Waals surface area contributed by atoms with Gasteiger partial charge in [0.05, 0.1) is 5.54 Å². The van der Waals surface area contributed by atoms with Gasteiger partial charge in [0.2, 0.25) is 5.91 Å². The Morgan fingerprint density at radius 3 is 2.07 bits per heavy atom. The maximum absolute atomic E-state index is 12.7. The standard InChI is InChI=1S/C22H25N3O3.ClH/c23-22(10-11-22)21(27)25-14-12-24(13-15-25)20(26)18-6-8-19(9-7-18)28-16-17-4-2-1-3-5-17;/h1-9H,10-16,23H2;1H. The number of carbonyl (C=O) groups excluding carboxylic acids is 2. The molecule has 1 saturated carbocycles. The Bertz CT molecular complexity index is 845. The minimum Gasteiger partial charge on any atom is -0.489 e. The molecule has 0 aromatic heterocycles. The molecule has 1 heterocycles. The summed E-state index contributed by atoms with van der Waals surface area (Å²) in [5.41, 5.74) is 7.09. The fourth-order valence-corrected chi connectivity index (χ4v) is 3.39. The maximum atomic E-state index is 12.7. The van der Waals surface area contributed by atoms with Crippen molar-refractivity contribution in [3.63, 3.8) is 0 Å². The number of nitrogens with two attached hydrogens (primary N) is 1. The second-order valence-corrected chi connectivity index (χ2v) is 7.54. The molecule has 2 aromatic carbocycles. The molecule has 1 aliphatic carbocycles. The average Bonchev–Trinajstić information content (AvgIpc) is 3.51. The smallest absolute Gasteiger partial charge is 0.253 e. The Hall–Kier alpha value is -2.57. The van der Waals surface area contributed by atoms with E-state index >= 15 is 0 Å². The highest BCUT2D eigenvalue weighted by Crippen LogP contribution is 2.34. The second kappa shape index (κ2) is 8.84. The van der Waals surface area contributed by atoms with Crippen LogP contribution in [0.5, 0.6) is 5.75 Å². The van der Waals surface area contributed by atoms with E-state index in [2.05, 4.69) is 0 Å². The fraction of sp³-hybridized carbons (Fsp3) is 0.364. The Kier molecular flexibility index (Phi) is 6.45. The van der Waals surface area contributed by atoms with Gasteiger partial charge in [0.25, 0.3) is 5.91 Å². The Labute approximate surface area is 177 Å². The molecular weight excluding hydrogens is 390 g/mol. The van der Waals surface area contributed by atoms with Gasteiger partial charge in [0.1, 0.15) is 12.4 Å². The molecule has 6 nitrogen and oxygen atoms in total. The summed E-state index contributed by atoms with van der Waals surface area (Å²) in [5.74, 6) is 0.739. The number of piperazine rings is 1. The lowest BCUT2D eigenvalue weighted by Crippen LogP contribution is -2.55. The van der Waals surface area contributed by atoms with Crippen molar-refractivity contribution in [2.45, 2.75) is 25.0 Å². The fourth-order valence-electron chi connectivity index (χ4n) is 3.39. The lowest BCUT2D eigenvalue weighted by Gasteiger charge is -2.36. The molecule has 0 bridgehead atoms. The molecule has 1 aliphatic heterocycles. The third-order valence-electron chi connectivity index (χ3n) is 5.42. The summed E-state index contributed by atoms with van der Waals surface area (Å²) in [6, 6.07) is 17.2. The molecule has 7 heteroatoms. The molecule has 0 spiro atoms. The summed E-state index contributed by atoms with van der Waals surface area (Å²) in [7, 11) is 0. The SMILES string of the molecule is Cl.NC1(C(=O)N2CCN(C(=O)c3ccc(OCc4ccccc4)cc3)CC2)CC1. The Morgan fingerprint density at radius 2 is 1.48 bits per heavy atom. The van der Waals surface area contributed by atoms with E-state index in [1.807, 2.05) is 42.5 Å². The summed E-state index contributed by atoms with van der Waals surface area (Å²) >= 11 is 0. The normalized spacial score (nSPS) is 17.3. The average molecular weight is 416 g/mol. The van der Waals surface area contributed by atoms with Crippen molar-refractivity contribution >= 4 is 24.2 Å². The first-order valence-corrected chi connectivity index (χ1v) is 9.69. The molecule has 0 unspecified atom stereocenters. The van der Waals surface area contributed by atoms with Gasteiger partial charge >= 0.3 is 0 Å². The maximum Gasteiger partial charge on any atom is 0.253 e. The molecule has 1 saturated heterocycles. The van der Waals surface area contributed by atoms with Gasteiger partial charge in [0.15, 0.2) is 0 Å². The van der Waals surface area contributed by atoms with Gasteiger partial charge in [-0.2, -0.15) is 0 Å². The van der Waals surface area contributed by atoms with E-state index in [4.69, 9.17) is 10.5 Å². The predicted octanol–water partition coefficient (Wildman–Crippen LogP) is 2.46. The van der Waals surface area contributed by atoms with Crippen LogP contribution in [0.1, 0.15) is 28.8 Å². The first-order valence-electron chi connectivity index (χ1n) is 9.69. The van der Waals surface area contributed by atoms with Crippen LogP contribution in [-0.2, 0) is 11.4 Å². The molecule has 0 atom stereocenters. The second-order valence-electron chi connectivity index (χ2n) is 7.54. The topological polar surface area (TPSA) is 75.9 Å². The van der Waals surface area contributed by atoms with Gasteiger partial charge in [-0.15, -0.1) is 12.4 Å². The third kappa shape index (κ3) is 4.89. The zero-order chi connectivity index (χ0) is 19.6. The molecular formula is C22H26ClN3O3. The van der Waals surface area contributed by atoms with E-state index in [0.717, 1.165) is 24.2 Å². The van der Waals surface area contributed by atoms with Crippen LogP contribution in [0, 0.1) is 0 Å². The molecule has 4 rings (SSSR count). The van der Waals surface area contributed by atoms with Crippen LogP contribution in [0.3, 0.4) is 0 Å². The van der Waals surface area contributed by atoms with Crippen LogP contribution >= 0.6 is 12.4 Å². The van der Waals surface area contributed by atoms with Crippen molar-refractivity contribution in [2.24, 2.45) is 5.73 Å². The van der Waals surface area contributed by atoms with Crippen LogP contribution in [-0.4, -0.2) is 53.3 Å². The van der Waals surface area contributed by atoms with Gasteiger partial charge in [-0.05, 0) is 42.7 Å². The van der Waals surface area contributed by atoms with E-state index in [1.54, 1.807) is 21.9 Å². The number of carbonyl (C=O) groups is 2. The molecule has 0 radical (unpaired) electrons. The molecule has 2 aromatic rings. The molecule has 29 heavy (non-hydrogen) atoms. The number of amides is 2. The highest BCUT2D eigenvalue weighted by atomic mass is 35.5. The molecule has 2 fully saturated rings. The van der Waals surface area contributed by atoms with Gasteiger partial charge in [-0.3, -0.25) is 9.59 Å². The molecule has 2 aliphatic rings. The third-order valence-corrected chi connectivity index (χ3v) is 5.42. The first kappa shape index (κ1) is 21.1. The number of hydrogen-bond donors (Lipinski definition) is 1. The zero-order valence-electron chi connectivity index (χ0n) is 16.3. The first-order chi connectivity index (χ1) is 13.5. The largest absolute Gasteiger partial charge is 0.489 e. The molecule has 154 valence electrons. The van der Waals surface area contributed by atoms with Crippen molar-refractivity contribution in [1.29, 1.82) is 0 Å².